The van der Waals surface area contributed by atoms with Gasteiger partial charge in [0, 0.05) is 25.8 Å². The van der Waals surface area contributed by atoms with E-state index >= 15 is 0 Å². The van der Waals surface area contributed by atoms with E-state index in [9.17, 15) is 9.59 Å². The number of carbonyl (C=O) groups excluding carboxylic acids is 2. The molecule has 2 amide bonds. The number of nitrogens with one attached hydrogen (secondary N) is 3. The van der Waals surface area contributed by atoms with Crippen molar-refractivity contribution in [1.29, 1.82) is 0 Å². The standard InChI is InChI=1S/C18H25N3O2/c1-14(22)20-18(15-5-3-2-4-6-15)9-11-21(12-10-18)13-17(23)19-16-7-8-16/h2-6,16H,7-13H2,1H3,(H,19,23)(H,20,22)/p+1. The molecule has 5 nitrogen and oxygen atoms in total. The van der Waals surface area contributed by atoms with Crippen molar-refractivity contribution in [2.24, 2.45) is 0 Å². The number of hydrogen-bond donors (Lipinski definition) is 3. The molecule has 23 heavy (non-hydrogen) atoms. The van der Waals surface area contributed by atoms with Gasteiger partial charge in [0.2, 0.25) is 5.91 Å². The molecule has 1 aromatic carbocycles. The molecule has 0 radical (unpaired) electrons. The minimum Gasteiger partial charge on any atom is -0.348 e. The van der Waals surface area contributed by atoms with Crippen LogP contribution in [-0.4, -0.2) is 37.5 Å². The summed E-state index contributed by atoms with van der Waals surface area (Å²) in [5.74, 6) is 0.165. The van der Waals surface area contributed by atoms with Gasteiger partial charge in [-0.15, -0.1) is 0 Å². The fraction of sp³-hybridized carbons (Fsp3) is 0.556. The third-order valence-corrected chi connectivity index (χ3v) is 4.91. The van der Waals surface area contributed by atoms with E-state index in [2.05, 4.69) is 22.8 Å². The van der Waals surface area contributed by atoms with Crippen LogP contribution in [0.5, 0.6) is 0 Å². The maximum atomic E-state index is 12.0. The van der Waals surface area contributed by atoms with Gasteiger partial charge in [0.25, 0.3) is 5.91 Å². The van der Waals surface area contributed by atoms with Crippen molar-refractivity contribution in [3.05, 3.63) is 35.9 Å². The molecule has 1 aliphatic carbocycles. The van der Waals surface area contributed by atoms with E-state index in [1.54, 1.807) is 6.92 Å². The first-order chi connectivity index (χ1) is 11.1. The lowest BCUT2D eigenvalue weighted by molar-refractivity contribution is -0.898. The molecule has 3 rings (SSSR count). The third kappa shape index (κ3) is 4.10. The van der Waals surface area contributed by atoms with Gasteiger partial charge in [-0.2, -0.15) is 0 Å². The first-order valence-electron chi connectivity index (χ1n) is 8.55. The molecule has 0 unspecified atom stereocenters. The third-order valence-electron chi connectivity index (χ3n) is 4.91. The van der Waals surface area contributed by atoms with Crippen LogP contribution in [0.25, 0.3) is 0 Å². The van der Waals surface area contributed by atoms with E-state index in [1.165, 1.54) is 4.90 Å². The second-order valence-corrected chi connectivity index (χ2v) is 6.90. The summed E-state index contributed by atoms with van der Waals surface area (Å²) in [6, 6.07) is 10.6. The Balaban J connectivity index is 1.62. The lowest BCUT2D eigenvalue weighted by atomic mass is 9.80. The molecule has 5 heteroatoms. The van der Waals surface area contributed by atoms with Crippen LogP contribution in [0.3, 0.4) is 0 Å². The van der Waals surface area contributed by atoms with Crippen LogP contribution in [0.4, 0.5) is 0 Å². The molecular formula is C18H26N3O2+. The van der Waals surface area contributed by atoms with Gasteiger partial charge in [0.05, 0.1) is 18.6 Å². The molecule has 1 heterocycles. The van der Waals surface area contributed by atoms with Crippen molar-refractivity contribution in [3.63, 3.8) is 0 Å². The summed E-state index contributed by atoms with van der Waals surface area (Å²) in [7, 11) is 0. The normalized spacial score (nSPS) is 27.3. The predicted molar refractivity (Wildman–Crippen MR) is 87.9 cm³/mol. The first-order valence-corrected chi connectivity index (χ1v) is 8.55. The zero-order valence-electron chi connectivity index (χ0n) is 13.7. The Labute approximate surface area is 137 Å². The van der Waals surface area contributed by atoms with Crippen LogP contribution in [0.2, 0.25) is 0 Å². The Kier molecular flexibility index (Phi) is 4.66. The Hall–Kier alpha value is -1.88. The van der Waals surface area contributed by atoms with Crippen LogP contribution in [0.1, 0.15) is 38.2 Å². The molecule has 1 aliphatic heterocycles. The molecule has 124 valence electrons. The van der Waals surface area contributed by atoms with Crippen molar-refractivity contribution < 1.29 is 14.5 Å². The molecule has 0 atom stereocenters. The van der Waals surface area contributed by atoms with Crippen LogP contribution in [0, 0.1) is 0 Å². The van der Waals surface area contributed by atoms with Crippen molar-refractivity contribution in [3.8, 4) is 0 Å². The highest BCUT2D eigenvalue weighted by molar-refractivity contribution is 5.77. The van der Waals surface area contributed by atoms with Crippen LogP contribution >= 0.6 is 0 Å². The highest BCUT2D eigenvalue weighted by Crippen LogP contribution is 2.29. The van der Waals surface area contributed by atoms with Crippen LogP contribution < -0.4 is 15.5 Å². The number of quaternary nitrogens is 1. The van der Waals surface area contributed by atoms with E-state index in [4.69, 9.17) is 0 Å². The number of hydrogen-bond acceptors (Lipinski definition) is 2. The topological polar surface area (TPSA) is 62.6 Å². The highest BCUT2D eigenvalue weighted by Gasteiger charge is 2.39. The average molecular weight is 316 g/mol. The average Bonchev–Trinajstić information content (AvgIpc) is 3.33. The largest absolute Gasteiger partial charge is 0.348 e. The van der Waals surface area contributed by atoms with E-state index < -0.39 is 0 Å². The number of rotatable bonds is 5. The second-order valence-electron chi connectivity index (χ2n) is 6.90. The molecule has 2 fully saturated rings. The lowest BCUT2D eigenvalue weighted by Crippen LogP contribution is -3.14. The fourth-order valence-corrected chi connectivity index (χ4v) is 3.52. The Bertz CT molecular complexity index is 561. The van der Waals surface area contributed by atoms with E-state index in [0.717, 1.165) is 44.3 Å². The first kappa shape index (κ1) is 16.0. The highest BCUT2D eigenvalue weighted by atomic mass is 16.2. The Morgan fingerprint density at radius 3 is 2.39 bits per heavy atom. The molecule has 0 aromatic heterocycles. The van der Waals surface area contributed by atoms with Gasteiger partial charge in [-0.05, 0) is 18.4 Å². The quantitative estimate of drug-likeness (QED) is 0.715. The monoisotopic (exact) mass is 316 g/mol. The number of amides is 2. The molecular weight excluding hydrogens is 290 g/mol. The molecule has 1 saturated heterocycles. The minimum atomic E-state index is -0.288. The van der Waals surface area contributed by atoms with Crippen molar-refractivity contribution in [2.45, 2.75) is 44.2 Å². The van der Waals surface area contributed by atoms with E-state index in [0.29, 0.717) is 12.6 Å². The summed E-state index contributed by atoms with van der Waals surface area (Å²) in [4.78, 5) is 25.0. The molecule has 1 aromatic rings. The van der Waals surface area contributed by atoms with Gasteiger partial charge in [-0.3, -0.25) is 9.59 Å². The number of carbonyl (C=O) groups is 2. The van der Waals surface area contributed by atoms with Crippen molar-refractivity contribution in [1.82, 2.24) is 10.6 Å². The van der Waals surface area contributed by atoms with Crippen LogP contribution in [-0.2, 0) is 15.1 Å². The lowest BCUT2D eigenvalue weighted by Gasteiger charge is -2.40. The maximum absolute atomic E-state index is 12.0. The van der Waals surface area contributed by atoms with Crippen LogP contribution in [0.15, 0.2) is 30.3 Å². The summed E-state index contributed by atoms with van der Waals surface area (Å²) >= 11 is 0. The SMILES string of the molecule is CC(=O)NC1(c2ccccc2)CC[NH+](CC(=O)NC2CC2)CC1. The Morgan fingerprint density at radius 2 is 1.83 bits per heavy atom. The number of benzene rings is 1. The smallest absolute Gasteiger partial charge is 0.275 e. The fourth-order valence-electron chi connectivity index (χ4n) is 3.52. The Morgan fingerprint density at radius 1 is 1.17 bits per heavy atom. The van der Waals surface area contributed by atoms with E-state index in [-0.39, 0.29) is 17.4 Å². The zero-order valence-corrected chi connectivity index (χ0v) is 13.7. The predicted octanol–water partition coefficient (Wildman–Crippen LogP) is -0.0247. The zero-order chi connectivity index (χ0) is 16.3. The second kappa shape index (κ2) is 6.71. The van der Waals surface area contributed by atoms with Gasteiger partial charge < -0.3 is 15.5 Å². The summed E-state index contributed by atoms with van der Waals surface area (Å²) in [5.41, 5.74) is 0.875. The van der Waals surface area contributed by atoms with Crippen molar-refractivity contribution in [2.75, 3.05) is 19.6 Å². The maximum Gasteiger partial charge on any atom is 0.275 e. The molecule has 2 aliphatic rings. The van der Waals surface area contributed by atoms with Gasteiger partial charge in [-0.1, -0.05) is 30.3 Å². The van der Waals surface area contributed by atoms with Gasteiger partial charge in [-0.25, -0.2) is 0 Å². The van der Waals surface area contributed by atoms with Crippen molar-refractivity contribution >= 4 is 11.8 Å². The minimum absolute atomic E-state index is 0.00350. The van der Waals surface area contributed by atoms with Gasteiger partial charge >= 0.3 is 0 Å². The molecule has 1 saturated carbocycles. The molecule has 3 N–H and O–H groups in total. The summed E-state index contributed by atoms with van der Waals surface area (Å²) < 4.78 is 0. The summed E-state index contributed by atoms with van der Waals surface area (Å²) in [5, 5.41) is 6.23. The van der Waals surface area contributed by atoms with Gasteiger partial charge in [0.1, 0.15) is 0 Å². The number of likely N-dealkylation sites (tertiary alicyclic amines) is 1. The molecule has 0 bridgehead atoms. The summed E-state index contributed by atoms with van der Waals surface area (Å²) in [6.07, 6.45) is 3.98. The molecule has 0 spiro atoms. The van der Waals surface area contributed by atoms with E-state index in [1.807, 2.05) is 18.2 Å². The van der Waals surface area contributed by atoms with Gasteiger partial charge in [0.15, 0.2) is 6.54 Å². The summed E-state index contributed by atoms with van der Waals surface area (Å²) in [6.45, 7) is 3.91. The number of piperidine rings is 1.